The number of nitrogens with two attached hydrogens (primary N) is 1. The van der Waals surface area contributed by atoms with Gasteiger partial charge in [0, 0.05) is 63.0 Å². The highest BCUT2D eigenvalue weighted by atomic mass is 16.5. The van der Waals surface area contributed by atoms with Crippen molar-refractivity contribution in [1.82, 2.24) is 24.8 Å². The van der Waals surface area contributed by atoms with Gasteiger partial charge in [0.25, 0.3) is 5.91 Å². The maximum absolute atomic E-state index is 12.5. The second kappa shape index (κ2) is 10.5. The number of carbonyl (C=O) groups is 1. The molecule has 2 aromatic heterocycles. The van der Waals surface area contributed by atoms with Gasteiger partial charge in [-0.05, 0) is 12.3 Å². The summed E-state index contributed by atoms with van der Waals surface area (Å²) in [6.45, 7) is 6.59. The third-order valence-electron chi connectivity index (χ3n) is 6.18. The molecule has 0 aromatic carbocycles. The van der Waals surface area contributed by atoms with Crippen LogP contribution in [0.5, 0.6) is 5.88 Å². The molecule has 11 nitrogen and oxygen atoms in total. The van der Waals surface area contributed by atoms with Crippen LogP contribution in [0.3, 0.4) is 0 Å². The number of aromatic nitrogens is 4. The largest absolute Gasteiger partial charge is 0.474 e. The Labute approximate surface area is 199 Å². The molecule has 3 heterocycles. The third kappa shape index (κ3) is 5.71. The molecule has 2 aromatic rings. The smallest absolute Gasteiger partial charge is 0.251 e. The Morgan fingerprint density at radius 2 is 1.94 bits per heavy atom. The summed E-state index contributed by atoms with van der Waals surface area (Å²) >= 11 is 0. The van der Waals surface area contributed by atoms with Crippen LogP contribution in [-0.2, 0) is 9.53 Å². The Balaban J connectivity index is 1.45. The predicted molar refractivity (Wildman–Crippen MR) is 126 cm³/mol. The van der Waals surface area contributed by atoms with Gasteiger partial charge in [-0.3, -0.25) is 4.79 Å². The van der Waals surface area contributed by atoms with Crippen LogP contribution in [0.4, 0.5) is 11.9 Å². The van der Waals surface area contributed by atoms with Crippen LogP contribution >= 0.6 is 0 Å². The minimum absolute atomic E-state index is 0.0323. The summed E-state index contributed by atoms with van der Waals surface area (Å²) in [5.41, 5.74) is 6.99. The van der Waals surface area contributed by atoms with Crippen LogP contribution in [0.2, 0.25) is 0 Å². The molecule has 1 amide bonds. The van der Waals surface area contributed by atoms with E-state index in [2.05, 4.69) is 19.9 Å². The standard InChI is InChI=1S/C23H33N7O4/c1-14(2)8-19(31)21(32)29(3)16-9-17(10-16)34-20-11-18(15-12-25-22(24)26-13-15)27-23(28-20)30-4-6-33-7-5-30/h11-14,16-17,19,31H,4-10H2,1-3H3,(H2,24,25,26)/t16-,17-,19-/m1/s1. The van der Waals surface area contributed by atoms with Crippen molar-refractivity contribution in [1.29, 1.82) is 0 Å². The lowest BCUT2D eigenvalue weighted by atomic mass is 9.87. The molecule has 1 aliphatic carbocycles. The molecule has 3 N–H and O–H groups in total. The van der Waals surface area contributed by atoms with Crippen molar-refractivity contribution < 1.29 is 19.4 Å². The van der Waals surface area contributed by atoms with Crippen LogP contribution in [-0.4, -0.2) is 87.5 Å². The Hall–Kier alpha value is -3.05. The van der Waals surface area contributed by atoms with Crippen molar-refractivity contribution in [3.05, 3.63) is 18.5 Å². The number of aliphatic hydroxyl groups is 1. The van der Waals surface area contributed by atoms with Crippen molar-refractivity contribution in [2.24, 2.45) is 5.92 Å². The van der Waals surface area contributed by atoms with Crippen LogP contribution in [0.25, 0.3) is 11.3 Å². The van der Waals surface area contributed by atoms with E-state index < -0.39 is 6.10 Å². The molecule has 0 bridgehead atoms. The molecule has 184 valence electrons. The van der Waals surface area contributed by atoms with Crippen LogP contribution in [0.15, 0.2) is 18.5 Å². The highest BCUT2D eigenvalue weighted by molar-refractivity contribution is 5.80. The number of rotatable bonds is 8. The first kappa shape index (κ1) is 24.1. The summed E-state index contributed by atoms with van der Waals surface area (Å²) in [6.07, 6.45) is 4.01. The number of hydrogen-bond acceptors (Lipinski definition) is 10. The molecular weight excluding hydrogens is 438 g/mol. The first-order valence-corrected chi connectivity index (χ1v) is 11.7. The van der Waals surface area contributed by atoms with Crippen molar-refractivity contribution >= 4 is 17.8 Å². The molecule has 1 saturated heterocycles. The van der Waals surface area contributed by atoms with E-state index in [4.69, 9.17) is 20.2 Å². The Morgan fingerprint density at radius 3 is 2.59 bits per heavy atom. The van der Waals surface area contributed by atoms with E-state index in [9.17, 15) is 9.90 Å². The van der Waals surface area contributed by atoms with E-state index in [1.165, 1.54) is 0 Å². The van der Waals surface area contributed by atoms with Crippen molar-refractivity contribution in [2.45, 2.75) is 51.4 Å². The molecule has 1 aliphatic heterocycles. The van der Waals surface area contributed by atoms with Gasteiger partial charge in [0.1, 0.15) is 12.2 Å². The van der Waals surface area contributed by atoms with E-state index in [0.29, 0.717) is 68.7 Å². The van der Waals surface area contributed by atoms with Crippen molar-refractivity contribution in [3.8, 4) is 17.1 Å². The van der Waals surface area contributed by atoms with E-state index in [1.807, 2.05) is 13.8 Å². The van der Waals surface area contributed by atoms with E-state index in [0.717, 1.165) is 0 Å². The molecule has 2 fully saturated rings. The van der Waals surface area contributed by atoms with Gasteiger partial charge in [0.2, 0.25) is 17.8 Å². The molecule has 2 aliphatic rings. The summed E-state index contributed by atoms with van der Waals surface area (Å²) < 4.78 is 11.6. The number of morpholine rings is 1. The van der Waals surface area contributed by atoms with Crippen LogP contribution in [0, 0.1) is 5.92 Å². The molecule has 34 heavy (non-hydrogen) atoms. The molecule has 0 radical (unpaired) electrons. The second-order valence-electron chi connectivity index (χ2n) is 9.28. The number of amides is 1. The normalized spacial score (nSPS) is 21.1. The fourth-order valence-electron chi connectivity index (χ4n) is 4.08. The molecule has 1 atom stereocenters. The highest BCUT2D eigenvalue weighted by Gasteiger charge is 2.37. The van der Waals surface area contributed by atoms with E-state index in [-0.39, 0.29) is 29.9 Å². The zero-order valence-corrected chi connectivity index (χ0v) is 19.9. The number of anilines is 2. The zero-order chi connectivity index (χ0) is 24.2. The molecule has 11 heteroatoms. The average Bonchev–Trinajstić information content (AvgIpc) is 2.80. The highest BCUT2D eigenvalue weighted by Crippen LogP contribution is 2.31. The van der Waals surface area contributed by atoms with Crippen molar-refractivity contribution in [3.63, 3.8) is 0 Å². The number of nitrogens with zero attached hydrogens (tertiary/aromatic N) is 6. The molecule has 0 spiro atoms. The maximum Gasteiger partial charge on any atom is 0.251 e. The number of likely N-dealkylation sites (N-methyl/N-ethyl adjacent to an activating group) is 1. The fourth-order valence-corrected chi connectivity index (χ4v) is 4.08. The Kier molecular flexibility index (Phi) is 7.42. The van der Waals surface area contributed by atoms with E-state index in [1.54, 1.807) is 30.4 Å². The van der Waals surface area contributed by atoms with Crippen molar-refractivity contribution in [2.75, 3.05) is 44.0 Å². The average molecular weight is 472 g/mol. The Bertz CT molecular complexity index is 976. The van der Waals surface area contributed by atoms with Crippen LogP contribution in [0.1, 0.15) is 33.1 Å². The summed E-state index contributed by atoms with van der Waals surface area (Å²) in [6, 6.07) is 1.80. The fraction of sp³-hybridized carbons (Fsp3) is 0.609. The van der Waals surface area contributed by atoms with Gasteiger partial charge in [-0.1, -0.05) is 13.8 Å². The van der Waals surface area contributed by atoms with Gasteiger partial charge in [-0.2, -0.15) is 4.98 Å². The number of carbonyl (C=O) groups excluding carboxylic acids is 1. The predicted octanol–water partition coefficient (Wildman–Crippen LogP) is 1.13. The number of ether oxygens (including phenoxy) is 2. The Morgan fingerprint density at radius 1 is 1.26 bits per heavy atom. The summed E-state index contributed by atoms with van der Waals surface area (Å²) in [7, 11) is 1.74. The number of nitrogen functional groups attached to an aromatic ring is 1. The molecule has 0 unspecified atom stereocenters. The SMILES string of the molecule is CC(C)C[C@@H](O)C(=O)N(C)[C@H]1C[C@H](Oc2cc(-c3cnc(N)nc3)nc(N3CCOCC3)n2)C1. The number of aliphatic hydroxyl groups excluding tert-OH is 1. The van der Waals surface area contributed by atoms with Crippen LogP contribution < -0.4 is 15.4 Å². The van der Waals surface area contributed by atoms with Gasteiger partial charge in [0.15, 0.2) is 0 Å². The summed E-state index contributed by atoms with van der Waals surface area (Å²) in [4.78, 5) is 33.7. The monoisotopic (exact) mass is 471 g/mol. The first-order valence-electron chi connectivity index (χ1n) is 11.7. The number of hydrogen-bond donors (Lipinski definition) is 2. The molecule has 1 saturated carbocycles. The lowest BCUT2D eigenvalue weighted by molar-refractivity contribution is -0.145. The lowest BCUT2D eigenvalue weighted by Gasteiger charge is -2.41. The van der Waals surface area contributed by atoms with Gasteiger partial charge in [-0.15, -0.1) is 0 Å². The minimum Gasteiger partial charge on any atom is -0.474 e. The quantitative estimate of drug-likeness (QED) is 0.576. The second-order valence-corrected chi connectivity index (χ2v) is 9.28. The van der Waals surface area contributed by atoms with E-state index >= 15 is 0 Å². The minimum atomic E-state index is -0.965. The van der Waals surface area contributed by atoms with Gasteiger partial charge >= 0.3 is 0 Å². The maximum atomic E-state index is 12.5. The topological polar surface area (TPSA) is 140 Å². The summed E-state index contributed by atoms with van der Waals surface area (Å²) in [5, 5.41) is 10.2. The first-order chi connectivity index (χ1) is 16.3. The van der Waals surface area contributed by atoms with Gasteiger partial charge in [-0.25, -0.2) is 15.0 Å². The van der Waals surface area contributed by atoms with Gasteiger partial charge in [0.05, 0.1) is 18.9 Å². The lowest BCUT2D eigenvalue weighted by Crippen LogP contribution is -2.52. The van der Waals surface area contributed by atoms with Gasteiger partial charge < -0.3 is 30.1 Å². The summed E-state index contributed by atoms with van der Waals surface area (Å²) in [5.74, 6) is 1.23. The molecule has 4 rings (SSSR count). The zero-order valence-electron chi connectivity index (χ0n) is 19.9. The third-order valence-corrected chi connectivity index (χ3v) is 6.18. The molecular formula is C23H33N7O4.